The van der Waals surface area contributed by atoms with E-state index in [4.69, 9.17) is 16.3 Å². The van der Waals surface area contributed by atoms with Crippen molar-refractivity contribution in [1.29, 1.82) is 0 Å². The van der Waals surface area contributed by atoms with Crippen LogP contribution in [0.1, 0.15) is 25.5 Å². The fourth-order valence-electron chi connectivity index (χ4n) is 2.55. The number of carbonyl (C=O) groups is 2. The van der Waals surface area contributed by atoms with Gasteiger partial charge in [-0.1, -0.05) is 35.9 Å². The minimum atomic E-state index is -0.642. The zero-order chi connectivity index (χ0) is 17.0. The van der Waals surface area contributed by atoms with Crippen LogP contribution >= 0.6 is 11.6 Å². The molecule has 0 saturated carbocycles. The third kappa shape index (κ3) is 3.40. The first kappa shape index (κ1) is 17.1. The molecule has 0 saturated heterocycles. The molecular formula is C17H19ClN2O3. The fourth-order valence-corrected chi connectivity index (χ4v) is 2.79. The molecule has 1 aromatic rings. The predicted molar refractivity (Wildman–Crippen MR) is 89.0 cm³/mol. The molecule has 0 fully saturated rings. The predicted octanol–water partition coefficient (Wildman–Crippen LogP) is 3.43. The highest BCUT2D eigenvalue weighted by Gasteiger charge is 2.36. The monoisotopic (exact) mass is 334 g/mol. The summed E-state index contributed by atoms with van der Waals surface area (Å²) < 4.78 is 5.16. The molecule has 1 aliphatic rings. The summed E-state index contributed by atoms with van der Waals surface area (Å²) >= 11 is 6.24. The number of rotatable bonds is 5. The SMILES string of the molecule is C=CCN1C(=O)NC(c2ccccc2Cl)C(C(=O)OCC)=C1C. The number of urea groups is 1. The Morgan fingerprint density at radius 1 is 1.48 bits per heavy atom. The van der Waals surface area contributed by atoms with Gasteiger partial charge in [-0.25, -0.2) is 9.59 Å². The maximum atomic E-state index is 12.4. The Bertz CT molecular complexity index is 670. The molecule has 1 N–H and O–H groups in total. The van der Waals surface area contributed by atoms with Crippen LogP contribution in [0.3, 0.4) is 0 Å². The van der Waals surface area contributed by atoms with E-state index in [1.807, 2.05) is 6.07 Å². The van der Waals surface area contributed by atoms with E-state index < -0.39 is 12.0 Å². The molecule has 1 heterocycles. The first-order valence-corrected chi connectivity index (χ1v) is 7.70. The summed E-state index contributed by atoms with van der Waals surface area (Å²) in [6.07, 6.45) is 1.60. The van der Waals surface area contributed by atoms with Gasteiger partial charge in [-0.05, 0) is 25.5 Å². The molecule has 122 valence electrons. The lowest BCUT2D eigenvalue weighted by atomic mass is 9.95. The summed E-state index contributed by atoms with van der Waals surface area (Å²) in [5.41, 5.74) is 1.57. The molecule has 1 atom stereocenters. The number of benzene rings is 1. The van der Waals surface area contributed by atoms with E-state index in [0.29, 0.717) is 28.4 Å². The van der Waals surface area contributed by atoms with Crippen molar-refractivity contribution in [2.75, 3.05) is 13.2 Å². The van der Waals surface area contributed by atoms with Crippen molar-refractivity contribution in [3.8, 4) is 0 Å². The number of carbonyl (C=O) groups excluding carboxylic acids is 2. The zero-order valence-corrected chi connectivity index (χ0v) is 13.9. The maximum Gasteiger partial charge on any atom is 0.338 e. The second-order valence-corrected chi connectivity index (χ2v) is 5.43. The van der Waals surface area contributed by atoms with Crippen molar-refractivity contribution in [1.82, 2.24) is 10.2 Å². The highest BCUT2D eigenvalue weighted by molar-refractivity contribution is 6.31. The zero-order valence-electron chi connectivity index (χ0n) is 13.1. The van der Waals surface area contributed by atoms with Crippen LogP contribution in [0, 0.1) is 0 Å². The van der Waals surface area contributed by atoms with Gasteiger partial charge in [0.2, 0.25) is 0 Å². The van der Waals surface area contributed by atoms with Gasteiger partial charge >= 0.3 is 12.0 Å². The molecule has 6 heteroatoms. The van der Waals surface area contributed by atoms with E-state index in [1.54, 1.807) is 38.1 Å². The minimum Gasteiger partial charge on any atom is -0.463 e. The van der Waals surface area contributed by atoms with Crippen LogP contribution in [-0.2, 0) is 9.53 Å². The second kappa shape index (κ2) is 7.33. The van der Waals surface area contributed by atoms with Crippen LogP contribution in [0.15, 0.2) is 48.2 Å². The molecule has 1 unspecified atom stereocenters. The number of amides is 2. The molecule has 0 aromatic heterocycles. The van der Waals surface area contributed by atoms with E-state index in [0.717, 1.165) is 0 Å². The Hall–Kier alpha value is -2.27. The smallest absolute Gasteiger partial charge is 0.338 e. The standard InChI is InChI=1S/C17H19ClN2O3/c1-4-10-20-11(3)14(16(21)23-5-2)15(19-17(20)22)12-8-6-7-9-13(12)18/h4,6-9,15H,1,5,10H2,2-3H3,(H,19,22). The van der Waals surface area contributed by atoms with Crippen LogP contribution in [-0.4, -0.2) is 30.1 Å². The van der Waals surface area contributed by atoms with Crippen molar-refractivity contribution in [3.63, 3.8) is 0 Å². The Morgan fingerprint density at radius 3 is 2.78 bits per heavy atom. The Labute approximate surface area is 140 Å². The largest absolute Gasteiger partial charge is 0.463 e. The summed E-state index contributed by atoms with van der Waals surface area (Å²) in [5.74, 6) is -0.469. The first-order chi connectivity index (χ1) is 11.0. The number of nitrogens with one attached hydrogen (secondary N) is 1. The van der Waals surface area contributed by atoms with Crippen molar-refractivity contribution < 1.29 is 14.3 Å². The summed E-state index contributed by atoms with van der Waals surface area (Å²) in [4.78, 5) is 26.2. The van der Waals surface area contributed by atoms with Crippen LogP contribution in [0.5, 0.6) is 0 Å². The third-order valence-corrected chi connectivity index (χ3v) is 3.96. The Balaban J connectivity index is 2.56. The van der Waals surface area contributed by atoms with Crippen molar-refractivity contribution in [3.05, 3.63) is 58.8 Å². The van der Waals surface area contributed by atoms with Gasteiger partial charge in [-0.2, -0.15) is 0 Å². The highest BCUT2D eigenvalue weighted by Crippen LogP contribution is 2.34. The number of allylic oxidation sites excluding steroid dienone is 1. The molecule has 0 radical (unpaired) electrons. The summed E-state index contributed by atoms with van der Waals surface area (Å²) in [6, 6.07) is 6.15. The summed E-state index contributed by atoms with van der Waals surface area (Å²) in [7, 11) is 0. The second-order valence-electron chi connectivity index (χ2n) is 5.02. The third-order valence-electron chi connectivity index (χ3n) is 3.62. The average molecular weight is 335 g/mol. The molecule has 1 aliphatic heterocycles. The maximum absolute atomic E-state index is 12.4. The molecule has 1 aromatic carbocycles. The number of nitrogens with zero attached hydrogens (tertiary/aromatic N) is 1. The van der Waals surface area contributed by atoms with Crippen LogP contribution in [0.4, 0.5) is 4.79 Å². The van der Waals surface area contributed by atoms with E-state index in [9.17, 15) is 9.59 Å². The number of hydrogen-bond donors (Lipinski definition) is 1. The Kier molecular flexibility index (Phi) is 5.45. The molecule has 0 spiro atoms. The van der Waals surface area contributed by atoms with Crippen LogP contribution < -0.4 is 5.32 Å². The van der Waals surface area contributed by atoms with Crippen LogP contribution in [0.25, 0.3) is 0 Å². The summed E-state index contributed by atoms with van der Waals surface area (Å²) in [6.45, 7) is 7.65. The fraction of sp³-hybridized carbons (Fsp3) is 0.294. The molecule has 23 heavy (non-hydrogen) atoms. The van der Waals surface area contributed by atoms with Crippen molar-refractivity contribution in [2.24, 2.45) is 0 Å². The van der Waals surface area contributed by atoms with Crippen LogP contribution in [0.2, 0.25) is 5.02 Å². The molecule has 0 bridgehead atoms. The Morgan fingerprint density at radius 2 is 2.17 bits per heavy atom. The lowest BCUT2D eigenvalue weighted by Crippen LogP contribution is -2.48. The molecular weight excluding hydrogens is 316 g/mol. The van der Waals surface area contributed by atoms with E-state index in [-0.39, 0.29) is 12.6 Å². The van der Waals surface area contributed by atoms with E-state index in [2.05, 4.69) is 11.9 Å². The van der Waals surface area contributed by atoms with E-state index in [1.165, 1.54) is 4.90 Å². The van der Waals surface area contributed by atoms with Gasteiger partial charge in [0.05, 0.1) is 18.2 Å². The first-order valence-electron chi connectivity index (χ1n) is 7.32. The van der Waals surface area contributed by atoms with Crippen molar-refractivity contribution >= 4 is 23.6 Å². The van der Waals surface area contributed by atoms with Gasteiger partial charge in [0.25, 0.3) is 0 Å². The highest BCUT2D eigenvalue weighted by atomic mass is 35.5. The number of ether oxygens (including phenoxy) is 1. The summed E-state index contributed by atoms with van der Waals surface area (Å²) in [5, 5.41) is 3.30. The quantitative estimate of drug-likeness (QED) is 0.663. The number of esters is 1. The lowest BCUT2D eigenvalue weighted by Gasteiger charge is -2.35. The van der Waals surface area contributed by atoms with Gasteiger partial charge in [0, 0.05) is 17.3 Å². The number of hydrogen-bond acceptors (Lipinski definition) is 3. The lowest BCUT2D eigenvalue weighted by molar-refractivity contribution is -0.139. The molecule has 0 aliphatic carbocycles. The topological polar surface area (TPSA) is 58.6 Å². The normalized spacial score (nSPS) is 17.8. The van der Waals surface area contributed by atoms with E-state index >= 15 is 0 Å². The minimum absolute atomic E-state index is 0.250. The van der Waals surface area contributed by atoms with Gasteiger partial charge < -0.3 is 10.1 Å². The van der Waals surface area contributed by atoms with Gasteiger partial charge in [-0.15, -0.1) is 6.58 Å². The van der Waals surface area contributed by atoms with Gasteiger partial charge in [-0.3, -0.25) is 4.90 Å². The van der Waals surface area contributed by atoms with Crippen molar-refractivity contribution in [2.45, 2.75) is 19.9 Å². The average Bonchev–Trinajstić information content (AvgIpc) is 2.51. The molecule has 2 amide bonds. The molecule has 5 nitrogen and oxygen atoms in total. The molecule has 2 rings (SSSR count). The van der Waals surface area contributed by atoms with Gasteiger partial charge in [0.1, 0.15) is 0 Å². The number of halogens is 1. The van der Waals surface area contributed by atoms with Gasteiger partial charge in [0.15, 0.2) is 0 Å².